The van der Waals surface area contributed by atoms with E-state index in [0.717, 1.165) is 16.0 Å². The molecule has 2 nitrogen and oxygen atoms in total. The quantitative estimate of drug-likeness (QED) is 0.765. The summed E-state index contributed by atoms with van der Waals surface area (Å²) >= 11 is 1.67. The molecule has 0 amide bonds. The number of rotatable bonds is 2. The number of hydrogen-bond donors (Lipinski definition) is 1. The molecule has 0 fully saturated rings. The molecule has 0 aliphatic carbocycles. The van der Waals surface area contributed by atoms with Crippen LogP contribution in [0.4, 0.5) is 0 Å². The summed E-state index contributed by atoms with van der Waals surface area (Å²) in [5, 5.41) is 8.63. The van der Waals surface area contributed by atoms with Crippen molar-refractivity contribution in [1.82, 2.24) is 0 Å². The SMILES string of the molecule is Cc1sc(C)c(CC(=O)O)c1C. The maximum absolute atomic E-state index is 10.5. The fourth-order valence-corrected chi connectivity index (χ4v) is 2.34. The molecule has 12 heavy (non-hydrogen) atoms. The van der Waals surface area contributed by atoms with Gasteiger partial charge in [0.05, 0.1) is 6.42 Å². The fraction of sp³-hybridized carbons (Fsp3) is 0.444. The van der Waals surface area contributed by atoms with Crippen molar-refractivity contribution in [2.75, 3.05) is 0 Å². The van der Waals surface area contributed by atoms with Gasteiger partial charge in [-0.2, -0.15) is 0 Å². The van der Waals surface area contributed by atoms with E-state index in [4.69, 9.17) is 5.11 Å². The summed E-state index contributed by atoms with van der Waals surface area (Å²) in [6.07, 6.45) is 0.155. The van der Waals surface area contributed by atoms with Crippen molar-refractivity contribution in [2.45, 2.75) is 27.2 Å². The molecule has 1 aromatic rings. The third-order valence-electron chi connectivity index (χ3n) is 2.04. The zero-order chi connectivity index (χ0) is 9.30. The molecular formula is C9H12O2S. The molecule has 1 rings (SSSR count). The Balaban J connectivity index is 3.05. The summed E-state index contributed by atoms with van der Waals surface area (Å²) < 4.78 is 0. The van der Waals surface area contributed by atoms with E-state index in [1.807, 2.05) is 20.8 Å². The molecular weight excluding hydrogens is 172 g/mol. The van der Waals surface area contributed by atoms with Gasteiger partial charge in [0.25, 0.3) is 0 Å². The van der Waals surface area contributed by atoms with Gasteiger partial charge in [0.2, 0.25) is 0 Å². The number of hydrogen-bond acceptors (Lipinski definition) is 2. The van der Waals surface area contributed by atoms with Gasteiger partial charge in [-0.3, -0.25) is 4.79 Å². The number of carboxylic acids is 1. The van der Waals surface area contributed by atoms with Crippen molar-refractivity contribution >= 4 is 17.3 Å². The smallest absolute Gasteiger partial charge is 0.307 e. The standard InChI is InChI=1S/C9H12O2S/c1-5-6(2)12-7(3)8(5)4-9(10)11/h4H2,1-3H3,(H,10,11). The highest BCUT2D eigenvalue weighted by Crippen LogP contribution is 2.26. The lowest BCUT2D eigenvalue weighted by Gasteiger charge is -1.97. The molecule has 3 heteroatoms. The zero-order valence-corrected chi connectivity index (χ0v) is 8.29. The monoisotopic (exact) mass is 184 g/mol. The number of thiophene rings is 1. The summed E-state index contributed by atoms with van der Waals surface area (Å²) in [6.45, 7) is 5.98. The first-order valence-electron chi connectivity index (χ1n) is 3.79. The minimum Gasteiger partial charge on any atom is -0.481 e. The topological polar surface area (TPSA) is 37.3 Å². The van der Waals surface area contributed by atoms with Crippen LogP contribution < -0.4 is 0 Å². The molecule has 0 unspecified atom stereocenters. The van der Waals surface area contributed by atoms with Crippen LogP contribution in [-0.2, 0) is 11.2 Å². The number of carbonyl (C=O) groups is 1. The molecule has 0 spiro atoms. The van der Waals surface area contributed by atoms with E-state index in [-0.39, 0.29) is 6.42 Å². The largest absolute Gasteiger partial charge is 0.481 e. The molecule has 0 saturated heterocycles. The molecule has 1 aromatic heterocycles. The molecule has 0 aliphatic heterocycles. The van der Waals surface area contributed by atoms with Crippen molar-refractivity contribution in [3.63, 3.8) is 0 Å². The Hall–Kier alpha value is -0.830. The highest BCUT2D eigenvalue weighted by molar-refractivity contribution is 7.12. The molecule has 1 heterocycles. The van der Waals surface area contributed by atoms with Crippen molar-refractivity contribution in [1.29, 1.82) is 0 Å². The van der Waals surface area contributed by atoms with Gasteiger partial charge in [-0.05, 0) is 31.9 Å². The molecule has 0 bridgehead atoms. The van der Waals surface area contributed by atoms with E-state index in [9.17, 15) is 4.79 Å². The summed E-state index contributed by atoms with van der Waals surface area (Å²) in [5.41, 5.74) is 2.13. The maximum atomic E-state index is 10.5. The van der Waals surface area contributed by atoms with E-state index in [1.54, 1.807) is 11.3 Å². The van der Waals surface area contributed by atoms with Crippen LogP contribution >= 0.6 is 11.3 Å². The maximum Gasteiger partial charge on any atom is 0.307 e. The van der Waals surface area contributed by atoms with Gasteiger partial charge in [0.15, 0.2) is 0 Å². The Morgan fingerprint density at radius 3 is 2.25 bits per heavy atom. The van der Waals surface area contributed by atoms with Gasteiger partial charge in [-0.15, -0.1) is 11.3 Å². The van der Waals surface area contributed by atoms with Crippen LogP contribution in [-0.4, -0.2) is 11.1 Å². The zero-order valence-electron chi connectivity index (χ0n) is 7.47. The molecule has 0 atom stereocenters. The second-order valence-electron chi connectivity index (χ2n) is 2.89. The lowest BCUT2D eigenvalue weighted by atomic mass is 10.1. The van der Waals surface area contributed by atoms with Crippen molar-refractivity contribution in [3.8, 4) is 0 Å². The molecule has 1 N–H and O–H groups in total. The molecule has 0 aliphatic rings. The fourth-order valence-electron chi connectivity index (χ4n) is 1.25. The van der Waals surface area contributed by atoms with Crippen LogP contribution in [0.1, 0.15) is 20.9 Å². The predicted octanol–water partition coefficient (Wildman–Crippen LogP) is 2.30. The normalized spacial score (nSPS) is 10.2. The van der Waals surface area contributed by atoms with Gasteiger partial charge in [0.1, 0.15) is 0 Å². The van der Waals surface area contributed by atoms with Crippen LogP contribution in [0.15, 0.2) is 0 Å². The summed E-state index contributed by atoms with van der Waals surface area (Å²) in [6, 6.07) is 0. The van der Waals surface area contributed by atoms with E-state index in [0.29, 0.717) is 0 Å². The third-order valence-corrected chi connectivity index (χ3v) is 3.20. The van der Waals surface area contributed by atoms with Crippen molar-refractivity contribution in [2.24, 2.45) is 0 Å². The average Bonchev–Trinajstić information content (AvgIpc) is 2.16. The van der Waals surface area contributed by atoms with Crippen LogP contribution in [0.3, 0.4) is 0 Å². The second kappa shape index (κ2) is 3.27. The van der Waals surface area contributed by atoms with E-state index < -0.39 is 5.97 Å². The molecule has 0 radical (unpaired) electrons. The summed E-state index contributed by atoms with van der Waals surface area (Å²) in [5.74, 6) is -0.751. The highest BCUT2D eigenvalue weighted by atomic mass is 32.1. The first-order chi connectivity index (χ1) is 5.52. The van der Waals surface area contributed by atoms with Crippen LogP contribution in [0.5, 0.6) is 0 Å². The first-order valence-corrected chi connectivity index (χ1v) is 4.61. The Morgan fingerprint density at radius 1 is 1.33 bits per heavy atom. The number of aliphatic carboxylic acids is 1. The van der Waals surface area contributed by atoms with Gasteiger partial charge in [0, 0.05) is 9.75 Å². The third kappa shape index (κ3) is 1.67. The van der Waals surface area contributed by atoms with Crippen molar-refractivity contribution < 1.29 is 9.90 Å². The van der Waals surface area contributed by atoms with Gasteiger partial charge in [-0.25, -0.2) is 0 Å². The predicted molar refractivity (Wildman–Crippen MR) is 49.9 cm³/mol. The van der Waals surface area contributed by atoms with E-state index >= 15 is 0 Å². The van der Waals surface area contributed by atoms with Crippen LogP contribution in [0.2, 0.25) is 0 Å². The van der Waals surface area contributed by atoms with Gasteiger partial charge >= 0.3 is 5.97 Å². The number of carboxylic acid groups (broad SMARTS) is 1. The molecule has 66 valence electrons. The van der Waals surface area contributed by atoms with Gasteiger partial charge in [-0.1, -0.05) is 0 Å². The van der Waals surface area contributed by atoms with Crippen LogP contribution in [0.25, 0.3) is 0 Å². The average molecular weight is 184 g/mol. The van der Waals surface area contributed by atoms with Crippen molar-refractivity contribution in [3.05, 3.63) is 20.9 Å². The summed E-state index contributed by atoms with van der Waals surface area (Å²) in [4.78, 5) is 12.8. The molecule has 0 saturated carbocycles. The first kappa shape index (κ1) is 9.26. The number of aryl methyl sites for hydroxylation is 2. The Kier molecular flexibility index (Phi) is 2.52. The second-order valence-corrected chi connectivity index (χ2v) is 4.32. The minimum absolute atomic E-state index is 0.155. The Labute approximate surface area is 75.9 Å². The summed E-state index contributed by atoms with van der Waals surface area (Å²) in [7, 11) is 0. The lowest BCUT2D eigenvalue weighted by Crippen LogP contribution is -2.01. The lowest BCUT2D eigenvalue weighted by molar-refractivity contribution is -0.136. The van der Waals surface area contributed by atoms with Gasteiger partial charge < -0.3 is 5.11 Å². The highest BCUT2D eigenvalue weighted by Gasteiger charge is 2.11. The Morgan fingerprint density at radius 2 is 1.92 bits per heavy atom. The Bertz CT molecular complexity index is 313. The van der Waals surface area contributed by atoms with E-state index in [2.05, 4.69) is 0 Å². The van der Waals surface area contributed by atoms with Crippen LogP contribution in [0, 0.1) is 20.8 Å². The van der Waals surface area contributed by atoms with E-state index in [1.165, 1.54) is 4.88 Å². The molecule has 0 aromatic carbocycles. The minimum atomic E-state index is -0.751.